The summed E-state index contributed by atoms with van der Waals surface area (Å²) in [7, 11) is 1.67. The molecule has 0 radical (unpaired) electrons. The Kier molecular flexibility index (Phi) is 5.04. The summed E-state index contributed by atoms with van der Waals surface area (Å²) in [5, 5.41) is 5.01. The van der Waals surface area contributed by atoms with Gasteiger partial charge in [-0.1, -0.05) is 28.9 Å². The summed E-state index contributed by atoms with van der Waals surface area (Å²) in [6.07, 6.45) is 0.691. The first-order valence-corrected chi connectivity index (χ1v) is 10.4. The Bertz CT molecular complexity index is 1330. The average Bonchev–Trinajstić information content (AvgIpc) is 3.46. The van der Waals surface area contributed by atoms with Crippen molar-refractivity contribution in [2.75, 3.05) is 6.61 Å². The minimum Gasteiger partial charge on any atom is -0.373 e. The van der Waals surface area contributed by atoms with Crippen LogP contribution in [-0.4, -0.2) is 35.8 Å². The zero-order valence-corrected chi connectivity index (χ0v) is 18.3. The van der Waals surface area contributed by atoms with Gasteiger partial charge in [0.05, 0.1) is 12.7 Å². The van der Waals surface area contributed by atoms with E-state index >= 15 is 0 Å². The van der Waals surface area contributed by atoms with Gasteiger partial charge >= 0.3 is 0 Å². The Balaban J connectivity index is 1.37. The number of nitrogens with zero attached hydrogens (tertiary/aromatic N) is 6. The fourth-order valence-electron chi connectivity index (χ4n) is 3.80. The SMILES string of the molecule is Cc1nc2nc(Cl)n(C)c2c(=O)n1Cc1nc([C@@H]2CO[C@@H](c3ccc(Cl)cc3)C2)no1. The fourth-order valence-corrected chi connectivity index (χ4v) is 4.09. The Hall–Kier alpha value is -2.75. The number of aromatic nitrogens is 6. The van der Waals surface area contributed by atoms with Gasteiger partial charge in [0.2, 0.25) is 11.2 Å². The molecule has 1 aliphatic rings. The largest absolute Gasteiger partial charge is 0.373 e. The van der Waals surface area contributed by atoms with E-state index in [4.69, 9.17) is 32.5 Å². The second kappa shape index (κ2) is 7.74. The highest BCUT2D eigenvalue weighted by atomic mass is 35.5. The molecule has 0 aliphatic carbocycles. The average molecular weight is 461 g/mol. The van der Waals surface area contributed by atoms with Crippen LogP contribution >= 0.6 is 23.2 Å². The van der Waals surface area contributed by atoms with Gasteiger partial charge in [-0.25, -0.2) is 4.98 Å². The molecule has 0 N–H and O–H groups in total. The Morgan fingerprint density at radius 1 is 1.16 bits per heavy atom. The summed E-state index contributed by atoms with van der Waals surface area (Å²) < 4.78 is 14.3. The standard InChI is InChI=1S/C20H18Cl2N6O3/c1-10-23-18-16(27(2)20(22)25-18)19(29)28(10)8-15-24-17(26-31-15)12-7-14(30-9-12)11-3-5-13(21)6-4-11/h3-6,12,14H,7-9H2,1-2H3/t12-,14+/m0/s1. The smallest absolute Gasteiger partial charge is 0.280 e. The molecule has 1 fully saturated rings. The lowest BCUT2D eigenvalue weighted by Gasteiger charge is -2.09. The van der Waals surface area contributed by atoms with E-state index in [1.165, 1.54) is 9.13 Å². The summed E-state index contributed by atoms with van der Waals surface area (Å²) in [4.78, 5) is 25.9. The number of hydrogen-bond donors (Lipinski definition) is 0. The summed E-state index contributed by atoms with van der Waals surface area (Å²) in [6, 6.07) is 7.61. The molecule has 31 heavy (non-hydrogen) atoms. The molecule has 9 nitrogen and oxygen atoms in total. The van der Waals surface area contributed by atoms with Crippen molar-refractivity contribution in [2.24, 2.45) is 7.05 Å². The van der Waals surface area contributed by atoms with Gasteiger partial charge in [0.15, 0.2) is 17.0 Å². The van der Waals surface area contributed by atoms with Crippen molar-refractivity contribution in [1.82, 2.24) is 29.2 Å². The Morgan fingerprint density at radius 2 is 1.94 bits per heavy atom. The molecular weight excluding hydrogens is 443 g/mol. The van der Waals surface area contributed by atoms with Crippen molar-refractivity contribution in [2.45, 2.75) is 31.9 Å². The summed E-state index contributed by atoms with van der Waals surface area (Å²) in [5.74, 6) is 1.38. The van der Waals surface area contributed by atoms with Crippen molar-refractivity contribution in [3.05, 3.63) is 68.0 Å². The van der Waals surface area contributed by atoms with Gasteiger partial charge in [0, 0.05) is 18.0 Å². The number of hydrogen-bond acceptors (Lipinski definition) is 7. The monoisotopic (exact) mass is 460 g/mol. The van der Waals surface area contributed by atoms with Gasteiger partial charge in [0.25, 0.3) is 5.56 Å². The lowest BCUT2D eigenvalue weighted by atomic mass is 10.0. The molecule has 4 heterocycles. The molecule has 0 bridgehead atoms. The molecular formula is C20H18Cl2N6O3. The minimum absolute atomic E-state index is 0.00693. The van der Waals surface area contributed by atoms with Crippen LogP contribution in [0.2, 0.25) is 10.3 Å². The number of imidazole rings is 1. The molecule has 0 spiro atoms. The van der Waals surface area contributed by atoms with Crippen LogP contribution in [0.1, 0.15) is 41.5 Å². The number of rotatable bonds is 4. The second-order valence-corrected chi connectivity index (χ2v) is 8.29. The van der Waals surface area contributed by atoms with Crippen LogP contribution in [0.25, 0.3) is 11.2 Å². The first kappa shape index (κ1) is 20.2. The fraction of sp³-hybridized carbons (Fsp3) is 0.350. The molecule has 1 aromatic carbocycles. The van der Waals surface area contributed by atoms with Crippen molar-refractivity contribution >= 4 is 34.4 Å². The lowest BCUT2D eigenvalue weighted by molar-refractivity contribution is 0.110. The quantitative estimate of drug-likeness (QED) is 0.429. The van der Waals surface area contributed by atoms with Crippen LogP contribution in [0.4, 0.5) is 0 Å². The maximum atomic E-state index is 13.0. The van der Waals surface area contributed by atoms with Crippen molar-refractivity contribution < 1.29 is 9.26 Å². The van der Waals surface area contributed by atoms with Gasteiger partial charge in [-0.15, -0.1) is 0 Å². The van der Waals surface area contributed by atoms with Gasteiger partial charge in [-0.3, -0.25) is 9.36 Å². The number of benzene rings is 1. The second-order valence-electron chi connectivity index (χ2n) is 7.51. The van der Waals surface area contributed by atoms with Crippen LogP contribution in [0, 0.1) is 6.92 Å². The van der Waals surface area contributed by atoms with E-state index in [2.05, 4.69) is 20.1 Å². The maximum absolute atomic E-state index is 13.0. The maximum Gasteiger partial charge on any atom is 0.280 e. The molecule has 11 heteroatoms. The number of aryl methyl sites for hydroxylation is 2. The van der Waals surface area contributed by atoms with E-state index < -0.39 is 0 Å². The first-order chi connectivity index (χ1) is 14.9. The zero-order chi connectivity index (χ0) is 21.7. The van der Waals surface area contributed by atoms with Crippen molar-refractivity contribution in [3.63, 3.8) is 0 Å². The minimum atomic E-state index is -0.267. The molecule has 5 rings (SSSR count). The van der Waals surface area contributed by atoms with Gasteiger partial charge < -0.3 is 13.8 Å². The van der Waals surface area contributed by atoms with Crippen LogP contribution in [0.5, 0.6) is 0 Å². The summed E-state index contributed by atoms with van der Waals surface area (Å²) in [5.41, 5.74) is 1.43. The third-order valence-corrected chi connectivity index (χ3v) is 6.10. The molecule has 2 atom stereocenters. The van der Waals surface area contributed by atoms with E-state index in [1.807, 2.05) is 24.3 Å². The topological polar surface area (TPSA) is 101 Å². The molecule has 0 amide bonds. The van der Waals surface area contributed by atoms with E-state index in [1.54, 1.807) is 14.0 Å². The third-order valence-electron chi connectivity index (χ3n) is 5.51. The molecule has 1 aliphatic heterocycles. The predicted molar refractivity (Wildman–Crippen MR) is 113 cm³/mol. The molecule has 4 aromatic rings. The summed E-state index contributed by atoms with van der Waals surface area (Å²) >= 11 is 12.0. The van der Waals surface area contributed by atoms with Crippen molar-refractivity contribution in [1.29, 1.82) is 0 Å². The van der Waals surface area contributed by atoms with Crippen LogP contribution < -0.4 is 5.56 Å². The number of fused-ring (bicyclic) bond motifs is 1. The molecule has 3 aromatic heterocycles. The van der Waals surface area contributed by atoms with Crippen LogP contribution in [0.15, 0.2) is 33.6 Å². The zero-order valence-electron chi connectivity index (χ0n) is 16.7. The normalized spacial score (nSPS) is 18.8. The highest BCUT2D eigenvalue weighted by molar-refractivity contribution is 6.30. The predicted octanol–water partition coefficient (Wildman–Crippen LogP) is 3.42. The highest BCUT2D eigenvalue weighted by Crippen LogP contribution is 2.37. The number of ether oxygens (including phenoxy) is 1. The molecule has 1 saturated heterocycles. The van der Waals surface area contributed by atoms with E-state index in [-0.39, 0.29) is 29.4 Å². The Labute approximate surface area is 186 Å². The molecule has 0 saturated carbocycles. The van der Waals surface area contributed by atoms with Gasteiger partial charge in [-0.2, -0.15) is 9.97 Å². The van der Waals surface area contributed by atoms with Crippen LogP contribution in [-0.2, 0) is 18.3 Å². The van der Waals surface area contributed by atoms with Gasteiger partial charge in [-0.05, 0) is 42.6 Å². The first-order valence-electron chi connectivity index (χ1n) is 9.69. The third kappa shape index (κ3) is 3.62. The van der Waals surface area contributed by atoms with E-state index in [0.717, 1.165) is 12.0 Å². The van der Waals surface area contributed by atoms with E-state index in [0.29, 0.717) is 40.3 Å². The highest BCUT2D eigenvalue weighted by Gasteiger charge is 2.31. The summed E-state index contributed by atoms with van der Waals surface area (Å²) in [6.45, 7) is 2.33. The molecule has 0 unspecified atom stereocenters. The lowest BCUT2D eigenvalue weighted by Crippen LogP contribution is -2.25. The number of halogens is 2. The Morgan fingerprint density at radius 3 is 2.71 bits per heavy atom. The van der Waals surface area contributed by atoms with Crippen molar-refractivity contribution in [3.8, 4) is 0 Å². The van der Waals surface area contributed by atoms with Gasteiger partial charge in [0.1, 0.15) is 12.4 Å². The van der Waals surface area contributed by atoms with Crippen LogP contribution in [0.3, 0.4) is 0 Å². The molecule has 160 valence electrons. The van der Waals surface area contributed by atoms with E-state index in [9.17, 15) is 4.79 Å².